The van der Waals surface area contributed by atoms with Crippen molar-refractivity contribution in [1.29, 1.82) is 0 Å². The van der Waals surface area contributed by atoms with Gasteiger partial charge in [-0.1, -0.05) is 29.8 Å². The topological polar surface area (TPSA) is 38.3 Å². The van der Waals surface area contributed by atoms with Crippen molar-refractivity contribution in [3.05, 3.63) is 64.2 Å². The molecular formula is C18H21NO2. The predicted octanol–water partition coefficient (Wildman–Crippen LogP) is 4.01. The van der Waals surface area contributed by atoms with Gasteiger partial charge in [-0.2, -0.15) is 0 Å². The minimum atomic E-state index is -0.0944. The van der Waals surface area contributed by atoms with Crippen molar-refractivity contribution >= 4 is 11.6 Å². The summed E-state index contributed by atoms with van der Waals surface area (Å²) < 4.78 is 5.10. The summed E-state index contributed by atoms with van der Waals surface area (Å²) in [5.74, 6) is -0.0944. The second-order valence-corrected chi connectivity index (χ2v) is 5.36. The van der Waals surface area contributed by atoms with Crippen LogP contribution in [0.15, 0.2) is 36.4 Å². The molecule has 3 heteroatoms. The van der Waals surface area contributed by atoms with Crippen LogP contribution in [0.2, 0.25) is 0 Å². The molecule has 0 radical (unpaired) electrons. The Kier molecular flexibility index (Phi) is 4.76. The van der Waals surface area contributed by atoms with E-state index in [-0.39, 0.29) is 5.91 Å². The summed E-state index contributed by atoms with van der Waals surface area (Å²) in [6, 6.07) is 11.6. The smallest absolute Gasteiger partial charge is 0.255 e. The van der Waals surface area contributed by atoms with Crippen molar-refractivity contribution in [2.24, 2.45) is 0 Å². The Labute approximate surface area is 126 Å². The highest BCUT2D eigenvalue weighted by molar-refractivity contribution is 6.05. The summed E-state index contributed by atoms with van der Waals surface area (Å²) in [7, 11) is 1.64. The minimum absolute atomic E-state index is 0.0944. The molecule has 1 N–H and O–H groups in total. The summed E-state index contributed by atoms with van der Waals surface area (Å²) in [6.45, 7) is 6.58. The van der Waals surface area contributed by atoms with Gasteiger partial charge in [0.25, 0.3) is 5.91 Å². The molecule has 0 aliphatic heterocycles. The van der Waals surface area contributed by atoms with Crippen molar-refractivity contribution in [2.45, 2.75) is 27.4 Å². The average molecular weight is 283 g/mol. The van der Waals surface area contributed by atoms with Gasteiger partial charge in [-0.15, -0.1) is 0 Å². The SMILES string of the molecule is COCc1cccc(C(=O)Nc2c(C)cc(C)cc2C)c1. The first kappa shape index (κ1) is 15.3. The first-order chi connectivity index (χ1) is 10.0. The van der Waals surface area contributed by atoms with E-state index in [1.54, 1.807) is 7.11 Å². The maximum absolute atomic E-state index is 12.4. The van der Waals surface area contributed by atoms with Crippen LogP contribution < -0.4 is 5.32 Å². The van der Waals surface area contributed by atoms with E-state index in [4.69, 9.17) is 4.74 Å². The van der Waals surface area contributed by atoms with E-state index in [0.29, 0.717) is 12.2 Å². The Morgan fingerprint density at radius 3 is 2.38 bits per heavy atom. The molecule has 2 aromatic carbocycles. The zero-order chi connectivity index (χ0) is 15.4. The molecule has 0 bridgehead atoms. The van der Waals surface area contributed by atoms with Gasteiger partial charge in [-0.3, -0.25) is 4.79 Å². The molecule has 0 unspecified atom stereocenters. The van der Waals surface area contributed by atoms with E-state index in [0.717, 1.165) is 22.4 Å². The van der Waals surface area contributed by atoms with Crippen LogP contribution in [0.25, 0.3) is 0 Å². The largest absolute Gasteiger partial charge is 0.380 e. The molecule has 0 saturated carbocycles. The van der Waals surface area contributed by atoms with E-state index in [2.05, 4.69) is 24.4 Å². The van der Waals surface area contributed by atoms with Crippen LogP contribution in [0.1, 0.15) is 32.6 Å². The van der Waals surface area contributed by atoms with Gasteiger partial charge in [-0.05, 0) is 49.6 Å². The standard InChI is InChI=1S/C18H21NO2/c1-12-8-13(2)17(14(3)9-12)19-18(20)16-7-5-6-15(10-16)11-21-4/h5-10H,11H2,1-4H3,(H,19,20). The zero-order valence-corrected chi connectivity index (χ0v) is 13.0. The second-order valence-electron chi connectivity index (χ2n) is 5.36. The number of nitrogens with one attached hydrogen (secondary N) is 1. The van der Waals surface area contributed by atoms with Crippen molar-refractivity contribution in [2.75, 3.05) is 12.4 Å². The lowest BCUT2D eigenvalue weighted by Crippen LogP contribution is -2.14. The molecule has 0 aromatic heterocycles. The second kappa shape index (κ2) is 6.55. The van der Waals surface area contributed by atoms with Crippen LogP contribution in [0, 0.1) is 20.8 Å². The van der Waals surface area contributed by atoms with Crippen molar-refractivity contribution in [1.82, 2.24) is 0 Å². The number of carbonyl (C=O) groups excluding carboxylic acids is 1. The van der Waals surface area contributed by atoms with Gasteiger partial charge in [0, 0.05) is 18.4 Å². The molecule has 0 fully saturated rings. The summed E-state index contributed by atoms with van der Waals surface area (Å²) >= 11 is 0. The highest BCUT2D eigenvalue weighted by Crippen LogP contribution is 2.22. The van der Waals surface area contributed by atoms with E-state index in [1.165, 1.54) is 5.56 Å². The Bertz CT molecular complexity index is 639. The number of methoxy groups -OCH3 is 1. The van der Waals surface area contributed by atoms with Crippen LogP contribution in [-0.4, -0.2) is 13.0 Å². The number of hydrogen-bond donors (Lipinski definition) is 1. The van der Waals surface area contributed by atoms with E-state index < -0.39 is 0 Å². The van der Waals surface area contributed by atoms with Gasteiger partial charge in [0.05, 0.1) is 6.61 Å². The van der Waals surface area contributed by atoms with Crippen LogP contribution in [0.4, 0.5) is 5.69 Å². The maximum Gasteiger partial charge on any atom is 0.255 e. The zero-order valence-electron chi connectivity index (χ0n) is 13.0. The van der Waals surface area contributed by atoms with Gasteiger partial charge >= 0.3 is 0 Å². The van der Waals surface area contributed by atoms with Crippen LogP contribution in [0.3, 0.4) is 0 Å². The first-order valence-electron chi connectivity index (χ1n) is 6.98. The number of carbonyl (C=O) groups is 1. The normalized spacial score (nSPS) is 10.5. The molecule has 1 amide bonds. The Balaban J connectivity index is 2.24. The molecule has 0 atom stereocenters. The fourth-order valence-corrected chi connectivity index (χ4v) is 2.53. The predicted molar refractivity (Wildman–Crippen MR) is 85.8 cm³/mol. The lowest BCUT2D eigenvalue weighted by molar-refractivity contribution is 0.102. The lowest BCUT2D eigenvalue weighted by Gasteiger charge is -2.13. The molecule has 110 valence electrons. The van der Waals surface area contributed by atoms with Crippen LogP contribution in [-0.2, 0) is 11.3 Å². The van der Waals surface area contributed by atoms with Gasteiger partial charge in [0.2, 0.25) is 0 Å². The fourth-order valence-electron chi connectivity index (χ4n) is 2.53. The third-order valence-corrected chi connectivity index (χ3v) is 3.42. The number of anilines is 1. The van der Waals surface area contributed by atoms with E-state index in [9.17, 15) is 4.79 Å². The minimum Gasteiger partial charge on any atom is -0.380 e. The molecule has 0 aliphatic rings. The number of hydrogen-bond acceptors (Lipinski definition) is 2. The van der Waals surface area contributed by atoms with Gasteiger partial charge < -0.3 is 10.1 Å². The summed E-state index contributed by atoms with van der Waals surface area (Å²) in [5.41, 5.74) is 5.88. The first-order valence-corrected chi connectivity index (χ1v) is 6.98. The lowest BCUT2D eigenvalue weighted by atomic mass is 10.0. The average Bonchev–Trinajstić information content (AvgIpc) is 2.43. The Morgan fingerprint density at radius 1 is 1.10 bits per heavy atom. The summed E-state index contributed by atoms with van der Waals surface area (Å²) in [5, 5.41) is 3.01. The fraction of sp³-hybridized carbons (Fsp3) is 0.278. The monoisotopic (exact) mass is 283 g/mol. The third kappa shape index (κ3) is 3.70. The summed E-state index contributed by atoms with van der Waals surface area (Å²) in [4.78, 5) is 12.4. The van der Waals surface area contributed by atoms with E-state index in [1.807, 2.05) is 38.1 Å². The number of rotatable bonds is 4. The maximum atomic E-state index is 12.4. The molecule has 2 aromatic rings. The van der Waals surface area contributed by atoms with Gasteiger partial charge in [-0.25, -0.2) is 0 Å². The van der Waals surface area contributed by atoms with Crippen LogP contribution in [0.5, 0.6) is 0 Å². The van der Waals surface area contributed by atoms with Gasteiger partial charge in [0.15, 0.2) is 0 Å². The van der Waals surface area contributed by atoms with Crippen molar-refractivity contribution < 1.29 is 9.53 Å². The number of ether oxygens (including phenoxy) is 1. The summed E-state index contributed by atoms with van der Waals surface area (Å²) in [6.07, 6.45) is 0. The number of amides is 1. The van der Waals surface area contributed by atoms with Crippen molar-refractivity contribution in [3.8, 4) is 0 Å². The third-order valence-electron chi connectivity index (χ3n) is 3.42. The van der Waals surface area contributed by atoms with Crippen LogP contribution >= 0.6 is 0 Å². The van der Waals surface area contributed by atoms with E-state index >= 15 is 0 Å². The molecule has 0 spiro atoms. The molecule has 0 saturated heterocycles. The Morgan fingerprint density at radius 2 is 1.76 bits per heavy atom. The number of aryl methyl sites for hydroxylation is 3. The number of benzene rings is 2. The molecular weight excluding hydrogens is 262 g/mol. The van der Waals surface area contributed by atoms with Crippen molar-refractivity contribution in [3.63, 3.8) is 0 Å². The highest BCUT2D eigenvalue weighted by Gasteiger charge is 2.10. The molecule has 2 rings (SSSR count). The van der Waals surface area contributed by atoms with Gasteiger partial charge in [0.1, 0.15) is 0 Å². The molecule has 0 heterocycles. The molecule has 21 heavy (non-hydrogen) atoms. The molecule has 3 nitrogen and oxygen atoms in total. The quantitative estimate of drug-likeness (QED) is 0.920. The molecule has 0 aliphatic carbocycles. The highest BCUT2D eigenvalue weighted by atomic mass is 16.5. The Hall–Kier alpha value is -2.13.